The molecule has 0 amide bonds. The highest BCUT2D eigenvalue weighted by Crippen LogP contribution is 2.22. The van der Waals surface area contributed by atoms with Crippen molar-refractivity contribution >= 4 is 34.7 Å². The first-order valence-corrected chi connectivity index (χ1v) is 11.2. The van der Waals surface area contributed by atoms with Gasteiger partial charge < -0.3 is 25.4 Å². The number of pyridine rings is 1. The van der Waals surface area contributed by atoms with E-state index >= 15 is 0 Å². The predicted octanol–water partition coefficient (Wildman–Crippen LogP) is 4.00. The number of nitrogens with one attached hydrogen (secondary N) is 3. The van der Waals surface area contributed by atoms with Gasteiger partial charge in [-0.15, -0.1) is 0 Å². The Kier molecular flexibility index (Phi) is 8.61. The average Bonchev–Trinajstić information content (AvgIpc) is 2.82. The lowest BCUT2D eigenvalue weighted by molar-refractivity contribution is 0.0525. The number of aliphatic hydroxyl groups excluding tert-OH is 1. The Balaban J connectivity index is 1.85. The second-order valence-corrected chi connectivity index (χ2v) is 8.09. The second kappa shape index (κ2) is 11.6. The molecule has 1 aliphatic heterocycles. The van der Waals surface area contributed by atoms with Crippen molar-refractivity contribution in [2.75, 3.05) is 25.0 Å². The maximum Gasteiger partial charge on any atom is 0.339 e. The van der Waals surface area contributed by atoms with Gasteiger partial charge in [0.2, 0.25) is 0 Å². The van der Waals surface area contributed by atoms with Crippen LogP contribution >= 0.6 is 11.6 Å². The minimum Gasteiger partial charge on any atom is -0.462 e. The fraction of sp³-hybridized carbons (Fsp3) is 0.292. The van der Waals surface area contributed by atoms with Gasteiger partial charge in [-0.05, 0) is 44.0 Å². The van der Waals surface area contributed by atoms with Gasteiger partial charge in [-0.2, -0.15) is 0 Å². The van der Waals surface area contributed by atoms with Crippen LogP contribution in [0.25, 0.3) is 5.57 Å². The molecule has 0 unspecified atom stereocenters. The number of aromatic nitrogens is 1. The van der Waals surface area contributed by atoms with Crippen LogP contribution in [-0.2, 0) is 4.74 Å². The smallest absolute Gasteiger partial charge is 0.339 e. The number of aliphatic hydroxyl groups is 1. The highest BCUT2D eigenvalue weighted by molar-refractivity contribution is 6.31. The number of piperidine rings is 1. The number of hydrogen-bond acceptors (Lipinski definition) is 7. The normalized spacial score (nSPS) is 14.5. The van der Waals surface area contributed by atoms with Crippen molar-refractivity contribution in [2.45, 2.75) is 25.9 Å². The summed E-state index contributed by atoms with van der Waals surface area (Å²) in [7, 11) is 0. The van der Waals surface area contributed by atoms with E-state index in [0.29, 0.717) is 48.6 Å². The molecule has 2 aromatic rings. The topological polar surface area (TPSA) is 111 Å². The van der Waals surface area contributed by atoms with E-state index in [4.69, 9.17) is 21.7 Å². The molecule has 4 N–H and O–H groups in total. The van der Waals surface area contributed by atoms with Crippen molar-refractivity contribution < 1.29 is 19.0 Å². The first-order chi connectivity index (χ1) is 16.3. The van der Waals surface area contributed by atoms with E-state index < -0.39 is 11.8 Å². The van der Waals surface area contributed by atoms with E-state index in [-0.39, 0.29) is 29.1 Å². The zero-order valence-electron chi connectivity index (χ0n) is 18.8. The van der Waals surface area contributed by atoms with Crippen molar-refractivity contribution in [3.63, 3.8) is 0 Å². The number of ether oxygens (including phenoxy) is 1. The third-order valence-corrected chi connectivity index (χ3v) is 5.49. The molecule has 3 rings (SSSR count). The summed E-state index contributed by atoms with van der Waals surface area (Å²) in [6.07, 6.45) is 5.29. The van der Waals surface area contributed by atoms with E-state index in [2.05, 4.69) is 22.2 Å². The Morgan fingerprint density at radius 1 is 1.35 bits per heavy atom. The van der Waals surface area contributed by atoms with Gasteiger partial charge in [0.15, 0.2) is 0 Å². The van der Waals surface area contributed by atoms with Gasteiger partial charge >= 0.3 is 5.97 Å². The molecule has 1 aromatic carbocycles. The molecule has 180 valence electrons. The van der Waals surface area contributed by atoms with Crippen LogP contribution in [0.5, 0.6) is 0 Å². The van der Waals surface area contributed by atoms with E-state index in [9.17, 15) is 14.3 Å². The lowest BCUT2D eigenvalue weighted by atomic mass is 10.0. The van der Waals surface area contributed by atoms with Crippen molar-refractivity contribution in [1.82, 2.24) is 15.2 Å². The molecule has 1 fully saturated rings. The Morgan fingerprint density at radius 3 is 2.74 bits per heavy atom. The maximum absolute atomic E-state index is 13.4. The third-order valence-electron chi connectivity index (χ3n) is 5.20. The summed E-state index contributed by atoms with van der Waals surface area (Å²) in [4.78, 5) is 18.2. The monoisotopic (exact) mass is 487 g/mol. The van der Waals surface area contributed by atoms with Crippen LogP contribution in [0.1, 0.15) is 35.7 Å². The van der Waals surface area contributed by atoms with Crippen LogP contribution in [0, 0.1) is 11.2 Å². The number of amidine groups is 1. The number of likely N-dealkylation sites (tertiary alicyclic amines) is 1. The van der Waals surface area contributed by atoms with Crippen molar-refractivity contribution in [3.05, 3.63) is 77.2 Å². The molecule has 2 heterocycles. The first-order valence-electron chi connectivity index (χ1n) is 10.8. The molecule has 0 radical (unpaired) electrons. The lowest BCUT2D eigenvalue weighted by Gasteiger charge is -2.32. The zero-order chi connectivity index (χ0) is 24.7. The molecule has 0 spiro atoms. The Labute approximate surface area is 202 Å². The molecule has 1 aliphatic rings. The number of benzene rings is 1. The van der Waals surface area contributed by atoms with Crippen LogP contribution in [-0.4, -0.2) is 52.6 Å². The lowest BCUT2D eigenvalue weighted by Crippen LogP contribution is -2.40. The van der Waals surface area contributed by atoms with E-state index in [1.54, 1.807) is 25.4 Å². The average molecular weight is 488 g/mol. The van der Waals surface area contributed by atoms with E-state index in [0.717, 1.165) is 0 Å². The van der Waals surface area contributed by atoms with Crippen LogP contribution in [0.2, 0.25) is 5.02 Å². The largest absolute Gasteiger partial charge is 0.462 e. The van der Waals surface area contributed by atoms with Gasteiger partial charge in [-0.3, -0.25) is 10.4 Å². The molecule has 0 aliphatic carbocycles. The van der Waals surface area contributed by atoms with E-state index in [1.165, 1.54) is 24.4 Å². The molecule has 0 bridgehead atoms. The highest BCUT2D eigenvalue weighted by atomic mass is 35.5. The standard InChI is InChI=1S/C24H27ClFN5O3/c1-3-34-24(33)17-10-16(12-28-13-17)20(23(27)31-8-6-19(32)7-9-31)14-29-15(2)30-18-4-5-22(26)21(25)11-18/h4-5,10-14,19,27,29-30,32H,2-3,6-9H2,1H3. The molecule has 0 saturated carbocycles. The Hall–Kier alpha value is -3.43. The summed E-state index contributed by atoms with van der Waals surface area (Å²) in [6, 6.07) is 5.81. The number of nitrogens with zero attached hydrogens (tertiary/aromatic N) is 2. The maximum atomic E-state index is 13.4. The fourth-order valence-electron chi connectivity index (χ4n) is 3.40. The van der Waals surface area contributed by atoms with Gasteiger partial charge in [0.05, 0.1) is 29.1 Å². The minimum atomic E-state index is -0.526. The van der Waals surface area contributed by atoms with E-state index in [1.807, 2.05) is 4.90 Å². The van der Waals surface area contributed by atoms with Crippen LogP contribution in [0.3, 0.4) is 0 Å². The molecule has 8 nitrogen and oxygen atoms in total. The van der Waals surface area contributed by atoms with Crippen molar-refractivity contribution in [3.8, 4) is 0 Å². The Bertz CT molecular complexity index is 1100. The fourth-order valence-corrected chi connectivity index (χ4v) is 3.59. The summed E-state index contributed by atoms with van der Waals surface area (Å²) in [5.41, 5.74) is 1.80. The first kappa shape index (κ1) is 25.2. The molecule has 1 saturated heterocycles. The minimum absolute atomic E-state index is 0.0232. The molecule has 34 heavy (non-hydrogen) atoms. The highest BCUT2D eigenvalue weighted by Gasteiger charge is 2.23. The number of carbonyl (C=O) groups excluding carboxylic acids is 1. The number of halogens is 2. The van der Waals surface area contributed by atoms with Crippen LogP contribution in [0.15, 0.2) is 55.3 Å². The van der Waals surface area contributed by atoms with Gasteiger partial charge in [0, 0.05) is 48.5 Å². The number of anilines is 1. The van der Waals surface area contributed by atoms with Gasteiger partial charge in [-0.25, -0.2) is 9.18 Å². The summed E-state index contributed by atoms with van der Waals surface area (Å²) < 4.78 is 18.5. The van der Waals surface area contributed by atoms with Crippen molar-refractivity contribution in [2.24, 2.45) is 0 Å². The van der Waals surface area contributed by atoms with Gasteiger partial charge in [-0.1, -0.05) is 18.2 Å². The third kappa shape index (κ3) is 6.55. The number of hydrogen-bond donors (Lipinski definition) is 4. The van der Waals surface area contributed by atoms with Gasteiger partial charge in [0.1, 0.15) is 11.7 Å². The summed E-state index contributed by atoms with van der Waals surface area (Å²) >= 11 is 5.83. The summed E-state index contributed by atoms with van der Waals surface area (Å²) in [5.74, 6) is -0.463. The Morgan fingerprint density at radius 2 is 2.06 bits per heavy atom. The zero-order valence-corrected chi connectivity index (χ0v) is 19.5. The van der Waals surface area contributed by atoms with Crippen LogP contribution in [0.4, 0.5) is 10.1 Å². The molecule has 1 aromatic heterocycles. The second-order valence-electron chi connectivity index (χ2n) is 7.68. The number of rotatable bonds is 8. The molecule has 0 atom stereocenters. The molecular weight excluding hydrogens is 461 g/mol. The van der Waals surface area contributed by atoms with Gasteiger partial charge in [0.25, 0.3) is 0 Å². The predicted molar refractivity (Wildman–Crippen MR) is 130 cm³/mol. The molecular formula is C24H27ClFN5O3. The number of carbonyl (C=O) groups is 1. The van der Waals surface area contributed by atoms with Crippen LogP contribution < -0.4 is 10.6 Å². The summed E-state index contributed by atoms with van der Waals surface area (Å²) in [6.45, 7) is 6.91. The SMILES string of the molecule is C=C(NC=C(C(=N)N1CCC(O)CC1)c1cncc(C(=O)OCC)c1)Nc1ccc(F)c(Cl)c1. The van der Waals surface area contributed by atoms with Crippen molar-refractivity contribution in [1.29, 1.82) is 5.41 Å². The number of esters is 1. The molecule has 10 heteroatoms. The quantitative estimate of drug-likeness (QED) is 0.253. The summed E-state index contributed by atoms with van der Waals surface area (Å²) in [5, 5.41) is 24.6.